The zero-order chi connectivity index (χ0) is 10.6. The molecule has 1 aromatic carbocycles. The minimum absolute atomic E-state index is 0.0838. The van der Waals surface area contributed by atoms with Crippen LogP contribution in [0.3, 0.4) is 0 Å². The Balaban J connectivity index is 3.18. The van der Waals surface area contributed by atoms with E-state index < -0.39 is 0 Å². The molecular weight excluding hydrogens is 182 g/mol. The van der Waals surface area contributed by atoms with Crippen LogP contribution in [0.5, 0.6) is 11.5 Å². The van der Waals surface area contributed by atoms with Crippen molar-refractivity contribution in [2.45, 2.75) is 13.3 Å². The molecule has 14 heavy (non-hydrogen) atoms. The van der Waals surface area contributed by atoms with Crippen molar-refractivity contribution in [2.24, 2.45) is 5.16 Å². The summed E-state index contributed by atoms with van der Waals surface area (Å²) in [6.45, 7) is 1.84. The molecule has 0 aromatic heterocycles. The van der Waals surface area contributed by atoms with Crippen LogP contribution in [0.4, 0.5) is 0 Å². The number of aromatic hydroxyl groups is 1. The molecule has 0 saturated carbocycles. The second-order valence-corrected chi connectivity index (χ2v) is 2.78. The standard InChI is InChI=1S/C10H13NO3/c1-3-9(11-13)8-6-7(14-2)4-5-10(8)12/h4-6,12-13H,3H2,1-2H3/b11-9+. The van der Waals surface area contributed by atoms with E-state index in [0.717, 1.165) is 0 Å². The molecule has 0 aliphatic carbocycles. The van der Waals surface area contributed by atoms with Crippen molar-refractivity contribution in [1.29, 1.82) is 0 Å². The fraction of sp³-hybridized carbons (Fsp3) is 0.300. The number of phenolic OH excluding ortho intramolecular Hbond substituents is 1. The van der Waals surface area contributed by atoms with Crippen molar-refractivity contribution < 1.29 is 15.1 Å². The van der Waals surface area contributed by atoms with Gasteiger partial charge in [0.05, 0.1) is 12.8 Å². The van der Waals surface area contributed by atoms with Gasteiger partial charge in [-0.2, -0.15) is 0 Å². The number of phenols is 1. The summed E-state index contributed by atoms with van der Waals surface area (Å²) in [4.78, 5) is 0. The molecule has 0 heterocycles. The molecule has 1 aromatic rings. The summed E-state index contributed by atoms with van der Waals surface area (Å²) in [5, 5.41) is 21.3. The molecule has 0 spiro atoms. The zero-order valence-electron chi connectivity index (χ0n) is 8.19. The summed E-state index contributed by atoms with van der Waals surface area (Å²) in [6.07, 6.45) is 0.539. The highest BCUT2D eigenvalue weighted by Gasteiger charge is 2.08. The molecule has 76 valence electrons. The first-order chi connectivity index (χ1) is 6.72. The predicted molar refractivity (Wildman–Crippen MR) is 53.3 cm³/mol. The Kier molecular flexibility index (Phi) is 3.34. The van der Waals surface area contributed by atoms with Gasteiger partial charge in [-0.1, -0.05) is 12.1 Å². The number of hydrogen-bond donors (Lipinski definition) is 2. The summed E-state index contributed by atoms with van der Waals surface area (Å²) in [5.41, 5.74) is 0.927. The van der Waals surface area contributed by atoms with Gasteiger partial charge in [0, 0.05) is 5.56 Å². The Morgan fingerprint density at radius 1 is 1.50 bits per heavy atom. The lowest BCUT2D eigenvalue weighted by Gasteiger charge is -2.06. The Morgan fingerprint density at radius 3 is 2.71 bits per heavy atom. The summed E-state index contributed by atoms with van der Waals surface area (Å²) in [6, 6.07) is 4.78. The van der Waals surface area contributed by atoms with Crippen LogP contribution >= 0.6 is 0 Å². The van der Waals surface area contributed by atoms with E-state index in [1.807, 2.05) is 6.92 Å². The van der Waals surface area contributed by atoms with Crippen LogP contribution in [-0.2, 0) is 0 Å². The highest BCUT2D eigenvalue weighted by molar-refractivity contribution is 6.02. The van der Waals surface area contributed by atoms with Crippen molar-refractivity contribution >= 4 is 5.71 Å². The molecule has 0 aliphatic heterocycles. The lowest BCUT2D eigenvalue weighted by molar-refractivity contribution is 0.318. The average Bonchev–Trinajstić information content (AvgIpc) is 2.22. The Hall–Kier alpha value is -1.71. The van der Waals surface area contributed by atoms with E-state index in [4.69, 9.17) is 9.94 Å². The van der Waals surface area contributed by atoms with Crippen LogP contribution in [0, 0.1) is 0 Å². The van der Waals surface area contributed by atoms with Gasteiger partial charge < -0.3 is 15.1 Å². The average molecular weight is 195 g/mol. The van der Waals surface area contributed by atoms with E-state index in [1.54, 1.807) is 12.1 Å². The molecule has 2 N–H and O–H groups in total. The van der Waals surface area contributed by atoms with E-state index in [-0.39, 0.29) is 5.75 Å². The SMILES string of the molecule is CC/C(=N\O)c1cc(OC)ccc1O. The van der Waals surface area contributed by atoms with Crippen LogP contribution in [0.1, 0.15) is 18.9 Å². The zero-order valence-corrected chi connectivity index (χ0v) is 8.19. The highest BCUT2D eigenvalue weighted by atomic mass is 16.5. The summed E-state index contributed by atoms with van der Waals surface area (Å²) in [7, 11) is 1.54. The topological polar surface area (TPSA) is 62.1 Å². The third-order valence-corrected chi connectivity index (χ3v) is 1.97. The molecule has 1 rings (SSSR count). The first-order valence-corrected chi connectivity index (χ1v) is 4.31. The van der Waals surface area contributed by atoms with Crippen LogP contribution in [0.2, 0.25) is 0 Å². The van der Waals surface area contributed by atoms with E-state index in [1.165, 1.54) is 13.2 Å². The molecule has 0 fully saturated rings. The third kappa shape index (κ3) is 1.96. The Morgan fingerprint density at radius 2 is 2.21 bits per heavy atom. The van der Waals surface area contributed by atoms with E-state index in [0.29, 0.717) is 23.4 Å². The van der Waals surface area contributed by atoms with Crippen LogP contribution in [-0.4, -0.2) is 23.1 Å². The minimum Gasteiger partial charge on any atom is -0.507 e. The van der Waals surface area contributed by atoms with Gasteiger partial charge in [0.25, 0.3) is 0 Å². The minimum atomic E-state index is 0.0838. The van der Waals surface area contributed by atoms with Gasteiger partial charge in [0.1, 0.15) is 11.5 Å². The maximum atomic E-state index is 9.52. The monoisotopic (exact) mass is 195 g/mol. The lowest BCUT2D eigenvalue weighted by Crippen LogP contribution is -2.00. The van der Waals surface area contributed by atoms with Crippen molar-refractivity contribution in [2.75, 3.05) is 7.11 Å². The van der Waals surface area contributed by atoms with Gasteiger partial charge >= 0.3 is 0 Å². The molecular formula is C10H13NO3. The smallest absolute Gasteiger partial charge is 0.125 e. The summed E-state index contributed by atoms with van der Waals surface area (Å²) < 4.78 is 5.00. The van der Waals surface area contributed by atoms with Gasteiger partial charge in [-0.25, -0.2) is 0 Å². The third-order valence-electron chi connectivity index (χ3n) is 1.97. The molecule has 4 heteroatoms. The Labute approximate surface area is 82.4 Å². The van der Waals surface area contributed by atoms with Gasteiger partial charge in [-0.3, -0.25) is 0 Å². The maximum absolute atomic E-state index is 9.52. The second-order valence-electron chi connectivity index (χ2n) is 2.78. The fourth-order valence-corrected chi connectivity index (χ4v) is 1.19. The van der Waals surface area contributed by atoms with E-state index in [9.17, 15) is 5.11 Å². The molecule has 0 atom stereocenters. The molecule has 0 amide bonds. The van der Waals surface area contributed by atoms with E-state index >= 15 is 0 Å². The second kappa shape index (κ2) is 4.50. The number of nitrogens with zero attached hydrogens (tertiary/aromatic N) is 1. The number of methoxy groups -OCH3 is 1. The number of rotatable bonds is 3. The van der Waals surface area contributed by atoms with Crippen LogP contribution < -0.4 is 4.74 Å². The molecule has 0 unspecified atom stereocenters. The quantitative estimate of drug-likeness (QED) is 0.440. The van der Waals surface area contributed by atoms with Crippen LogP contribution in [0.25, 0.3) is 0 Å². The number of benzene rings is 1. The van der Waals surface area contributed by atoms with Crippen molar-refractivity contribution in [1.82, 2.24) is 0 Å². The molecule has 0 saturated heterocycles. The molecule has 0 aliphatic rings. The van der Waals surface area contributed by atoms with Crippen molar-refractivity contribution in [3.05, 3.63) is 23.8 Å². The normalized spacial score (nSPS) is 11.4. The largest absolute Gasteiger partial charge is 0.507 e. The first kappa shape index (κ1) is 10.4. The fourth-order valence-electron chi connectivity index (χ4n) is 1.19. The Bertz CT molecular complexity index is 347. The summed E-state index contributed by atoms with van der Waals surface area (Å²) in [5.74, 6) is 0.702. The first-order valence-electron chi connectivity index (χ1n) is 4.31. The van der Waals surface area contributed by atoms with Gasteiger partial charge in [-0.05, 0) is 24.6 Å². The van der Waals surface area contributed by atoms with Gasteiger partial charge in [-0.15, -0.1) is 0 Å². The van der Waals surface area contributed by atoms with Gasteiger partial charge in [0.15, 0.2) is 0 Å². The van der Waals surface area contributed by atoms with Crippen molar-refractivity contribution in [3.8, 4) is 11.5 Å². The molecule has 4 nitrogen and oxygen atoms in total. The number of hydrogen-bond acceptors (Lipinski definition) is 4. The summed E-state index contributed by atoms with van der Waals surface area (Å²) >= 11 is 0. The van der Waals surface area contributed by atoms with Crippen molar-refractivity contribution in [3.63, 3.8) is 0 Å². The molecule has 0 radical (unpaired) electrons. The molecule has 0 bridgehead atoms. The van der Waals surface area contributed by atoms with E-state index in [2.05, 4.69) is 5.16 Å². The number of ether oxygens (including phenoxy) is 1. The number of oxime groups is 1. The van der Waals surface area contributed by atoms with Crippen LogP contribution in [0.15, 0.2) is 23.4 Å². The predicted octanol–water partition coefficient (Wildman–Crippen LogP) is 1.99. The highest BCUT2D eigenvalue weighted by Crippen LogP contribution is 2.24. The maximum Gasteiger partial charge on any atom is 0.125 e. The lowest BCUT2D eigenvalue weighted by atomic mass is 10.1. The van der Waals surface area contributed by atoms with Gasteiger partial charge in [0.2, 0.25) is 0 Å².